The molecule has 0 saturated carbocycles. The number of hydrogen-bond donors (Lipinski definition) is 0. The summed E-state index contributed by atoms with van der Waals surface area (Å²) in [4.78, 5) is 13.1. The molecule has 4 aromatic carbocycles. The third-order valence-corrected chi connectivity index (χ3v) is 4.97. The molecule has 130 valence electrons. The van der Waals surface area contributed by atoms with E-state index in [-0.39, 0.29) is 5.43 Å². The lowest BCUT2D eigenvalue weighted by Gasteiger charge is -2.12. The van der Waals surface area contributed by atoms with E-state index in [4.69, 9.17) is 9.15 Å². The minimum absolute atomic E-state index is 0.00707. The fourth-order valence-corrected chi connectivity index (χ4v) is 3.65. The van der Waals surface area contributed by atoms with Gasteiger partial charge in [-0.05, 0) is 46.7 Å². The molecule has 0 N–H and O–H groups in total. The summed E-state index contributed by atoms with van der Waals surface area (Å²) in [7, 11) is 1.65. The lowest BCUT2D eigenvalue weighted by Crippen LogP contribution is -2.03. The monoisotopic (exact) mass is 352 g/mol. The molecule has 5 aromatic rings. The second kappa shape index (κ2) is 5.99. The molecular weight excluding hydrogens is 336 g/mol. The zero-order chi connectivity index (χ0) is 18.4. The van der Waals surface area contributed by atoms with Gasteiger partial charge in [0.2, 0.25) is 5.43 Å². The molecule has 3 nitrogen and oxygen atoms in total. The van der Waals surface area contributed by atoms with Crippen LogP contribution in [0, 0.1) is 0 Å². The summed E-state index contributed by atoms with van der Waals surface area (Å²) in [6.45, 7) is 0. The predicted molar refractivity (Wildman–Crippen MR) is 109 cm³/mol. The largest absolute Gasteiger partial charge is 0.497 e. The van der Waals surface area contributed by atoms with Crippen LogP contribution in [0.3, 0.4) is 0 Å². The van der Waals surface area contributed by atoms with Crippen LogP contribution >= 0.6 is 0 Å². The average molecular weight is 352 g/mol. The molecule has 1 heterocycles. The topological polar surface area (TPSA) is 39.4 Å². The highest BCUT2D eigenvalue weighted by Gasteiger charge is 2.16. The number of fused-ring (bicyclic) bond motifs is 3. The predicted octanol–water partition coefficient (Wildman–Crippen LogP) is 5.78. The Morgan fingerprint density at radius 3 is 2.26 bits per heavy atom. The molecule has 0 unspecified atom stereocenters. The van der Waals surface area contributed by atoms with Crippen LogP contribution in [-0.4, -0.2) is 7.11 Å². The van der Waals surface area contributed by atoms with Gasteiger partial charge in [0.05, 0.1) is 17.9 Å². The van der Waals surface area contributed by atoms with E-state index in [1.807, 2.05) is 72.8 Å². The third-order valence-electron chi connectivity index (χ3n) is 4.97. The Morgan fingerprint density at radius 1 is 0.778 bits per heavy atom. The molecule has 1 aromatic heterocycles. The summed E-state index contributed by atoms with van der Waals surface area (Å²) < 4.78 is 11.5. The fraction of sp³-hybridized carbons (Fsp3) is 0.0417. The Kier molecular flexibility index (Phi) is 3.47. The van der Waals surface area contributed by atoms with Crippen LogP contribution in [0.2, 0.25) is 0 Å². The molecule has 0 atom stereocenters. The van der Waals surface area contributed by atoms with Crippen molar-refractivity contribution in [3.8, 4) is 16.9 Å². The van der Waals surface area contributed by atoms with Crippen molar-refractivity contribution in [1.29, 1.82) is 0 Å². The zero-order valence-corrected chi connectivity index (χ0v) is 14.7. The van der Waals surface area contributed by atoms with Gasteiger partial charge >= 0.3 is 0 Å². The molecule has 3 heteroatoms. The Bertz CT molecular complexity index is 1360. The maximum Gasteiger partial charge on any atom is 0.200 e. The van der Waals surface area contributed by atoms with Crippen molar-refractivity contribution in [3.05, 3.63) is 89.1 Å². The number of hydrogen-bond acceptors (Lipinski definition) is 3. The van der Waals surface area contributed by atoms with E-state index in [1.54, 1.807) is 7.11 Å². The van der Waals surface area contributed by atoms with E-state index in [1.165, 1.54) is 0 Å². The normalized spacial score (nSPS) is 11.3. The molecule has 0 saturated heterocycles. The molecule has 0 radical (unpaired) electrons. The number of rotatable bonds is 2. The lowest BCUT2D eigenvalue weighted by atomic mass is 9.95. The lowest BCUT2D eigenvalue weighted by molar-refractivity contribution is 0.415. The second-order valence-electron chi connectivity index (χ2n) is 6.51. The highest BCUT2D eigenvalue weighted by molar-refractivity contribution is 6.11. The van der Waals surface area contributed by atoms with Crippen molar-refractivity contribution < 1.29 is 9.15 Å². The van der Waals surface area contributed by atoms with Crippen LogP contribution in [0.1, 0.15) is 0 Å². The first-order valence-electron chi connectivity index (χ1n) is 8.78. The van der Waals surface area contributed by atoms with Crippen LogP contribution in [0.25, 0.3) is 43.8 Å². The Balaban J connectivity index is 1.99. The molecule has 0 aliphatic rings. The van der Waals surface area contributed by atoms with Gasteiger partial charge in [0.25, 0.3) is 0 Å². The Hall–Kier alpha value is -3.59. The van der Waals surface area contributed by atoms with Gasteiger partial charge in [-0.1, -0.05) is 48.5 Å². The quantitative estimate of drug-likeness (QED) is 0.378. The Morgan fingerprint density at radius 2 is 1.48 bits per heavy atom. The second-order valence-corrected chi connectivity index (χ2v) is 6.51. The summed E-state index contributed by atoms with van der Waals surface area (Å²) in [5.41, 5.74) is 3.11. The van der Waals surface area contributed by atoms with Crippen LogP contribution in [-0.2, 0) is 0 Å². The van der Waals surface area contributed by atoms with Gasteiger partial charge in [0.1, 0.15) is 16.9 Å². The maximum atomic E-state index is 13.1. The molecule has 27 heavy (non-hydrogen) atoms. The smallest absolute Gasteiger partial charge is 0.200 e. The van der Waals surface area contributed by atoms with Crippen molar-refractivity contribution in [2.45, 2.75) is 0 Å². The van der Waals surface area contributed by atoms with Gasteiger partial charge in [-0.25, -0.2) is 0 Å². The van der Waals surface area contributed by atoms with Crippen LogP contribution < -0.4 is 10.2 Å². The van der Waals surface area contributed by atoms with Crippen molar-refractivity contribution in [2.24, 2.45) is 0 Å². The van der Waals surface area contributed by atoms with Crippen LogP contribution in [0.4, 0.5) is 0 Å². The van der Waals surface area contributed by atoms with E-state index < -0.39 is 0 Å². The zero-order valence-electron chi connectivity index (χ0n) is 14.7. The fourth-order valence-electron chi connectivity index (χ4n) is 3.65. The van der Waals surface area contributed by atoms with Gasteiger partial charge < -0.3 is 9.15 Å². The number of benzene rings is 4. The summed E-state index contributed by atoms with van der Waals surface area (Å²) in [6.07, 6.45) is 0. The molecule has 0 aliphatic heterocycles. The van der Waals surface area contributed by atoms with Gasteiger partial charge in [0, 0.05) is 5.56 Å². The standard InChI is InChI=1S/C24H16O3/c1-26-17-12-10-15(11-13-17)22-18-7-3-2-6-16(18)14-20-23(25)19-8-4-5-9-21(19)27-24(20)22/h2-14H,1H3. The number of para-hydroxylation sites is 1. The van der Waals surface area contributed by atoms with Gasteiger partial charge in [0.15, 0.2) is 0 Å². The third kappa shape index (κ3) is 2.40. The molecular formula is C24H16O3. The maximum absolute atomic E-state index is 13.1. The summed E-state index contributed by atoms with van der Waals surface area (Å²) in [5, 5.41) is 3.26. The van der Waals surface area contributed by atoms with E-state index in [0.29, 0.717) is 21.9 Å². The molecule has 5 rings (SSSR count). The molecule has 0 amide bonds. The minimum atomic E-state index is -0.00707. The van der Waals surface area contributed by atoms with E-state index in [9.17, 15) is 4.79 Å². The van der Waals surface area contributed by atoms with Crippen molar-refractivity contribution in [1.82, 2.24) is 0 Å². The Labute approximate surface area is 155 Å². The molecule has 0 bridgehead atoms. The van der Waals surface area contributed by atoms with E-state index in [0.717, 1.165) is 27.6 Å². The summed E-state index contributed by atoms with van der Waals surface area (Å²) in [6, 6.07) is 25.2. The number of methoxy groups -OCH3 is 1. The van der Waals surface area contributed by atoms with Crippen molar-refractivity contribution in [2.75, 3.05) is 7.11 Å². The van der Waals surface area contributed by atoms with Crippen LogP contribution in [0.15, 0.2) is 88.1 Å². The van der Waals surface area contributed by atoms with Gasteiger partial charge in [-0.3, -0.25) is 4.79 Å². The van der Waals surface area contributed by atoms with E-state index >= 15 is 0 Å². The first kappa shape index (κ1) is 15.6. The van der Waals surface area contributed by atoms with Gasteiger partial charge in [-0.15, -0.1) is 0 Å². The van der Waals surface area contributed by atoms with Crippen molar-refractivity contribution in [3.63, 3.8) is 0 Å². The SMILES string of the molecule is COc1ccc(-c2c3ccccc3cc3c(=O)c4ccccc4oc23)cc1. The van der Waals surface area contributed by atoms with E-state index in [2.05, 4.69) is 6.07 Å². The first-order chi connectivity index (χ1) is 13.3. The van der Waals surface area contributed by atoms with Crippen LogP contribution in [0.5, 0.6) is 5.75 Å². The molecule has 0 fully saturated rings. The number of ether oxygens (including phenoxy) is 1. The highest BCUT2D eigenvalue weighted by atomic mass is 16.5. The summed E-state index contributed by atoms with van der Waals surface area (Å²) >= 11 is 0. The molecule has 0 spiro atoms. The van der Waals surface area contributed by atoms with Gasteiger partial charge in [-0.2, -0.15) is 0 Å². The minimum Gasteiger partial charge on any atom is -0.497 e. The highest BCUT2D eigenvalue weighted by Crippen LogP contribution is 2.37. The first-order valence-corrected chi connectivity index (χ1v) is 8.78. The van der Waals surface area contributed by atoms with Crippen molar-refractivity contribution >= 4 is 32.7 Å². The average Bonchev–Trinajstić information content (AvgIpc) is 2.73. The molecule has 0 aliphatic carbocycles. The summed E-state index contributed by atoms with van der Waals surface area (Å²) in [5.74, 6) is 0.787.